The standard InChI is InChI=1S/C22H28N2O3/c1-5-16(4)23-21(25)17-12-8-9-13-18(17)24-22(26)19(6-2)27-20-14-10-7-11-15(20)3/h7-14,16,19H,5-6H2,1-4H3,(H,23,25)(H,24,26)/t16-,19-/m1/s1. The van der Waals surface area contributed by atoms with E-state index in [1.165, 1.54) is 0 Å². The number of carbonyl (C=O) groups is 2. The number of hydrogen-bond acceptors (Lipinski definition) is 3. The first-order chi connectivity index (χ1) is 13.0. The van der Waals surface area contributed by atoms with Crippen LogP contribution in [0, 0.1) is 6.92 Å². The van der Waals surface area contributed by atoms with Crippen molar-refractivity contribution < 1.29 is 14.3 Å². The van der Waals surface area contributed by atoms with Gasteiger partial charge in [-0.25, -0.2) is 0 Å². The number of carbonyl (C=O) groups excluding carboxylic acids is 2. The maximum Gasteiger partial charge on any atom is 0.265 e. The van der Waals surface area contributed by atoms with Crippen molar-refractivity contribution in [2.24, 2.45) is 0 Å². The second-order valence-corrected chi connectivity index (χ2v) is 6.60. The summed E-state index contributed by atoms with van der Waals surface area (Å²) < 4.78 is 5.90. The van der Waals surface area contributed by atoms with E-state index in [0.717, 1.165) is 12.0 Å². The van der Waals surface area contributed by atoms with Crippen molar-refractivity contribution in [3.63, 3.8) is 0 Å². The maximum absolute atomic E-state index is 12.7. The maximum atomic E-state index is 12.7. The highest BCUT2D eigenvalue weighted by Crippen LogP contribution is 2.21. The van der Waals surface area contributed by atoms with Crippen molar-refractivity contribution in [1.29, 1.82) is 0 Å². The number of amides is 2. The van der Waals surface area contributed by atoms with E-state index in [9.17, 15) is 9.59 Å². The second-order valence-electron chi connectivity index (χ2n) is 6.60. The number of para-hydroxylation sites is 2. The lowest BCUT2D eigenvalue weighted by molar-refractivity contribution is -0.122. The Morgan fingerprint density at radius 1 is 1.00 bits per heavy atom. The molecule has 144 valence electrons. The van der Waals surface area contributed by atoms with Gasteiger partial charge in [0.1, 0.15) is 5.75 Å². The predicted molar refractivity (Wildman–Crippen MR) is 108 cm³/mol. The molecule has 2 amide bonds. The number of aryl methyl sites for hydroxylation is 1. The smallest absolute Gasteiger partial charge is 0.265 e. The van der Waals surface area contributed by atoms with Gasteiger partial charge in [0.25, 0.3) is 11.8 Å². The van der Waals surface area contributed by atoms with Gasteiger partial charge in [0.05, 0.1) is 11.3 Å². The highest BCUT2D eigenvalue weighted by Gasteiger charge is 2.21. The van der Waals surface area contributed by atoms with Crippen molar-refractivity contribution >= 4 is 17.5 Å². The topological polar surface area (TPSA) is 67.4 Å². The second kappa shape index (κ2) is 9.76. The average molecular weight is 368 g/mol. The van der Waals surface area contributed by atoms with E-state index >= 15 is 0 Å². The van der Waals surface area contributed by atoms with E-state index in [1.54, 1.807) is 24.3 Å². The van der Waals surface area contributed by atoms with E-state index in [-0.39, 0.29) is 17.9 Å². The van der Waals surface area contributed by atoms with Crippen molar-refractivity contribution in [2.45, 2.75) is 52.7 Å². The summed E-state index contributed by atoms with van der Waals surface area (Å²) in [5.74, 6) is 0.208. The fourth-order valence-electron chi connectivity index (χ4n) is 2.57. The van der Waals surface area contributed by atoms with Gasteiger partial charge in [0.15, 0.2) is 6.10 Å². The molecule has 2 N–H and O–H groups in total. The Morgan fingerprint density at radius 2 is 1.67 bits per heavy atom. The largest absolute Gasteiger partial charge is 0.480 e. The molecule has 5 heteroatoms. The molecule has 2 atom stereocenters. The average Bonchev–Trinajstić information content (AvgIpc) is 2.67. The molecule has 2 rings (SSSR count). The van der Waals surface area contributed by atoms with Crippen molar-refractivity contribution in [2.75, 3.05) is 5.32 Å². The minimum Gasteiger partial charge on any atom is -0.480 e. The molecule has 0 spiro atoms. The predicted octanol–water partition coefficient (Wildman–Crippen LogP) is 4.32. The van der Waals surface area contributed by atoms with Gasteiger partial charge in [-0.05, 0) is 50.5 Å². The van der Waals surface area contributed by atoms with Crippen LogP contribution in [0.5, 0.6) is 5.75 Å². The third kappa shape index (κ3) is 5.58. The molecule has 0 saturated carbocycles. The number of ether oxygens (including phenoxy) is 1. The Hall–Kier alpha value is -2.82. The minimum absolute atomic E-state index is 0.0639. The summed E-state index contributed by atoms with van der Waals surface area (Å²) in [6.45, 7) is 7.79. The van der Waals surface area contributed by atoms with Gasteiger partial charge < -0.3 is 15.4 Å². The van der Waals surface area contributed by atoms with Gasteiger partial charge in [-0.2, -0.15) is 0 Å². The van der Waals surface area contributed by atoms with E-state index in [1.807, 2.05) is 52.0 Å². The fourth-order valence-corrected chi connectivity index (χ4v) is 2.57. The van der Waals surface area contributed by atoms with Crippen LogP contribution >= 0.6 is 0 Å². The lowest BCUT2D eigenvalue weighted by Gasteiger charge is -2.20. The van der Waals surface area contributed by atoms with Gasteiger partial charge in [-0.1, -0.05) is 44.2 Å². The summed E-state index contributed by atoms with van der Waals surface area (Å²) in [5.41, 5.74) is 1.89. The Balaban J connectivity index is 2.14. The Labute approximate surface area is 161 Å². The first-order valence-corrected chi connectivity index (χ1v) is 9.39. The molecular formula is C22H28N2O3. The van der Waals surface area contributed by atoms with Gasteiger partial charge in [0, 0.05) is 6.04 Å². The van der Waals surface area contributed by atoms with Crippen LogP contribution in [-0.4, -0.2) is 24.0 Å². The lowest BCUT2D eigenvalue weighted by atomic mass is 10.1. The highest BCUT2D eigenvalue weighted by molar-refractivity contribution is 6.04. The van der Waals surface area contributed by atoms with Gasteiger partial charge in [0.2, 0.25) is 0 Å². The summed E-state index contributed by atoms with van der Waals surface area (Å²) in [6, 6.07) is 14.7. The van der Waals surface area contributed by atoms with Crippen LogP contribution in [0.2, 0.25) is 0 Å². The zero-order valence-corrected chi connectivity index (χ0v) is 16.4. The third-order valence-electron chi connectivity index (χ3n) is 4.45. The summed E-state index contributed by atoms with van der Waals surface area (Å²) in [4.78, 5) is 25.2. The first-order valence-electron chi connectivity index (χ1n) is 9.39. The molecule has 0 unspecified atom stereocenters. The summed E-state index contributed by atoms with van der Waals surface area (Å²) in [6.07, 6.45) is 0.709. The molecule has 0 bridgehead atoms. The quantitative estimate of drug-likeness (QED) is 0.729. The number of nitrogens with one attached hydrogen (secondary N) is 2. The van der Waals surface area contributed by atoms with Crippen LogP contribution in [-0.2, 0) is 4.79 Å². The third-order valence-corrected chi connectivity index (χ3v) is 4.45. The molecule has 0 aliphatic heterocycles. The summed E-state index contributed by atoms with van der Waals surface area (Å²) >= 11 is 0. The molecule has 0 aliphatic rings. The molecule has 0 aromatic heterocycles. The van der Waals surface area contributed by atoms with Crippen molar-refractivity contribution in [3.8, 4) is 5.75 Å². The zero-order valence-electron chi connectivity index (χ0n) is 16.4. The van der Waals surface area contributed by atoms with Crippen molar-refractivity contribution in [3.05, 3.63) is 59.7 Å². The van der Waals surface area contributed by atoms with Crippen LogP contribution in [0.15, 0.2) is 48.5 Å². The fraction of sp³-hybridized carbons (Fsp3) is 0.364. The van der Waals surface area contributed by atoms with Gasteiger partial charge >= 0.3 is 0 Å². The zero-order chi connectivity index (χ0) is 19.8. The minimum atomic E-state index is -0.642. The first kappa shape index (κ1) is 20.5. The molecular weight excluding hydrogens is 340 g/mol. The van der Waals surface area contributed by atoms with E-state index < -0.39 is 6.10 Å². The van der Waals surface area contributed by atoms with Gasteiger partial charge in [-0.15, -0.1) is 0 Å². The van der Waals surface area contributed by atoms with E-state index in [0.29, 0.717) is 23.4 Å². The highest BCUT2D eigenvalue weighted by atomic mass is 16.5. The Morgan fingerprint density at radius 3 is 2.33 bits per heavy atom. The van der Waals surface area contributed by atoms with Crippen molar-refractivity contribution in [1.82, 2.24) is 5.32 Å². The van der Waals surface area contributed by atoms with Crippen LogP contribution < -0.4 is 15.4 Å². The SMILES string of the molecule is CC[C@@H](C)NC(=O)c1ccccc1NC(=O)[C@@H](CC)Oc1ccccc1C. The molecule has 5 nitrogen and oxygen atoms in total. The molecule has 0 aliphatic carbocycles. The summed E-state index contributed by atoms with van der Waals surface area (Å²) in [7, 11) is 0. The van der Waals surface area contributed by atoms with E-state index in [2.05, 4.69) is 10.6 Å². The molecule has 0 fully saturated rings. The molecule has 0 radical (unpaired) electrons. The Kier molecular flexibility index (Phi) is 7.41. The van der Waals surface area contributed by atoms with Crippen LogP contribution in [0.25, 0.3) is 0 Å². The molecule has 0 saturated heterocycles. The molecule has 2 aromatic rings. The number of hydrogen-bond donors (Lipinski definition) is 2. The normalized spacial score (nSPS) is 12.7. The van der Waals surface area contributed by atoms with E-state index in [4.69, 9.17) is 4.74 Å². The van der Waals surface area contributed by atoms with Gasteiger partial charge in [-0.3, -0.25) is 9.59 Å². The van der Waals surface area contributed by atoms with Crippen LogP contribution in [0.1, 0.15) is 49.5 Å². The Bertz CT molecular complexity index is 789. The molecule has 27 heavy (non-hydrogen) atoms. The number of benzene rings is 2. The number of rotatable bonds is 8. The number of anilines is 1. The summed E-state index contributed by atoms with van der Waals surface area (Å²) in [5, 5.41) is 5.78. The van der Waals surface area contributed by atoms with Crippen LogP contribution in [0.4, 0.5) is 5.69 Å². The lowest BCUT2D eigenvalue weighted by Crippen LogP contribution is -2.35. The van der Waals surface area contributed by atoms with Crippen LogP contribution in [0.3, 0.4) is 0 Å². The molecule has 0 heterocycles. The monoisotopic (exact) mass is 368 g/mol. The molecule has 2 aromatic carbocycles.